The van der Waals surface area contributed by atoms with Crippen molar-refractivity contribution in [1.82, 2.24) is 0 Å². The zero-order valence-electron chi connectivity index (χ0n) is 16.8. The minimum absolute atomic E-state index is 0.00983. The Morgan fingerprint density at radius 3 is 2.00 bits per heavy atom. The minimum Gasteiger partial charge on any atom is -0.491 e. The highest BCUT2D eigenvalue weighted by molar-refractivity contribution is 5.80. The number of ether oxygens (including phenoxy) is 1. The van der Waals surface area contributed by atoms with E-state index < -0.39 is 0 Å². The molecule has 0 fully saturated rings. The summed E-state index contributed by atoms with van der Waals surface area (Å²) in [5.41, 5.74) is 9.02. The molecule has 0 aromatic heterocycles. The molecule has 2 heteroatoms. The molecular formula is C28H24O2. The van der Waals surface area contributed by atoms with Crippen molar-refractivity contribution in [2.45, 2.75) is 12.3 Å². The van der Waals surface area contributed by atoms with E-state index in [0.29, 0.717) is 6.61 Å². The molecule has 5 rings (SSSR count). The van der Waals surface area contributed by atoms with Gasteiger partial charge in [-0.15, -0.1) is 0 Å². The Hall–Kier alpha value is -3.36. The normalized spacial score (nSPS) is 12.4. The van der Waals surface area contributed by atoms with Crippen molar-refractivity contribution in [1.29, 1.82) is 0 Å². The number of fused-ring (bicyclic) bond motifs is 3. The quantitative estimate of drug-likeness (QED) is 0.395. The van der Waals surface area contributed by atoms with Gasteiger partial charge in [0.05, 0.1) is 6.61 Å². The molecule has 0 amide bonds. The van der Waals surface area contributed by atoms with Crippen molar-refractivity contribution < 1.29 is 9.84 Å². The number of rotatable bonds is 6. The SMILES string of the molecule is OCCOc1ccc(C2c3ccccc3-c3ccccc32)cc1Cc1ccccc1. The van der Waals surface area contributed by atoms with Crippen molar-refractivity contribution in [3.8, 4) is 16.9 Å². The van der Waals surface area contributed by atoms with E-state index in [0.717, 1.165) is 17.7 Å². The number of aliphatic hydroxyl groups excluding tert-OH is 1. The molecular weight excluding hydrogens is 368 g/mol. The fourth-order valence-corrected chi connectivity index (χ4v) is 4.54. The molecule has 4 aromatic carbocycles. The van der Waals surface area contributed by atoms with Crippen LogP contribution in [0.2, 0.25) is 0 Å². The molecule has 0 heterocycles. The predicted molar refractivity (Wildman–Crippen MR) is 121 cm³/mol. The van der Waals surface area contributed by atoms with E-state index >= 15 is 0 Å². The Bertz CT molecular complexity index is 1120. The van der Waals surface area contributed by atoms with E-state index in [1.807, 2.05) is 6.07 Å². The summed E-state index contributed by atoms with van der Waals surface area (Å²) in [6, 6.07) is 34.4. The largest absolute Gasteiger partial charge is 0.491 e. The fraction of sp³-hybridized carbons (Fsp3) is 0.143. The van der Waals surface area contributed by atoms with Gasteiger partial charge in [-0.3, -0.25) is 0 Å². The maximum atomic E-state index is 9.23. The molecule has 1 aliphatic carbocycles. The maximum Gasteiger partial charge on any atom is 0.122 e. The van der Waals surface area contributed by atoms with Crippen LogP contribution in [0.25, 0.3) is 11.1 Å². The standard InChI is InChI=1S/C28H24O2/c29-16-17-30-27-15-14-21(19-22(27)18-20-8-2-1-3-9-20)28-25-12-6-4-10-23(25)24-11-5-7-13-26(24)28/h1-15,19,28-29H,16-18H2. The van der Waals surface area contributed by atoms with Crippen LogP contribution in [0.5, 0.6) is 5.75 Å². The van der Waals surface area contributed by atoms with E-state index in [2.05, 4.69) is 91.0 Å². The number of benzene rings is 4. The second kappa shape index (κ2) is 8.17. The summed E-state index contributed by atoms with van der Waals surface area (Å²) in [5.74, 6) is 1.06. The van der Waals surface area contributed by atoms with Gasteiger partial charge in [0.2, 0.25) is 0 Å². The lowest BCUT2D eigenvalue weighted by Gasteiger charge is -2.18. The van der Waals surface area contributed by atoms with Crippen molar-refractivity contribution >= 4 is 0 Å². The van der Waals surface area contributed by atoms with Crippen LogP contribution < -0.4 is 4.74 Å². The van der Waals surface area contributed by atoms with Crippen molar-refractivity contribution in [3.63, 3.8) is 0 Å². The molecule has 0 bridgehead atoms. The van der Waals surface area contributed by atoms with Gasteiger partial charge in [-0.05, 0) is 45.0 Å². The van der Waals surface area contributed by atoms with Gasteiger partial charge < -0.3 is 9.84 Å². The lowest BCUT2D eigenvalue weighted by Crippen LogP contribution is -2.06. The van der Waals surface area contributed by atoms with Gasteiger partial charge in [-0.2, -0.15) is 0 Å². The molecule has 0 saturated carbocycles. The van der Waals surface area contributed by atoms with Crippen LogP contribution >= 0.6 is 0 Å². The van der Waals surface area contributed by atoms with Crippen LogP contribution in [-0.2, 0) is 6.42 Å². The topological polar surface area (TPSA) is 29.5 Å². The number of aliphatic hydroxyl groups is 1. The molecule has 0 aliphatic heterocycles. The van der Waals surface area contributed by atoms with E-state index in [-0.39, 0.29) is 12.5 Å². The fourth-order valence-electron chi connectivity index (χ4n) is 4.54. The monoisotopic (exact) mass is 392 g/mol. The highest BCUT2D eigenvalue weighted by Gasteiger charge is 2.29. The molecule has 0 atom stereocenters. The summed E-state index contributed by atoms with van der Waals surface area (Å²) < 4.78 is 5.87. The average molecular weight is 392 g/mol. The highest BCUT2D eigenvalue weighted by Crippen LogP contribution is 2.48. The Morgan fingerprint density at radius 2 is 1.33 bits per heavy atom. The zero-order valence-corrected chi connectivity index (χ0v) is 16.8. The van der Waals surface area contributed by atoms with Crippen LogP contribution in [0.15, 0.2) is 97.1 Å². The third-order valence-electron chi connectivity index (χ3n) is 5.84. The summed E-state index contributed by atoms with van der Waals surface area (Å²) >= 11 is 0. The van der Waals surface area contributed by atoms with E-state index in [1.54, 1.807) is 0 Å². The van der Waals surface area contributed by atoms with Crippen molar-refractivity contribution in [2.75, 3.05) is 13.2 Å². The molecule has 4 aromatic rings. The molecule has 148 valence electrons. The van der Waals surface area contributed by atoms with Crippen molar-refractivity contribution in [2.24, 2.45) is 0 Å². The maximum absolute atomic E-state index is 9.23. The highest BCUT2D eigenvalue weighted by atomic mass is 16.5. The summed E-state index contributed by atoms with van der Waals surface area (Å²) in [6.07, 6.45) is 0.797. The molecule has 0 unspecified atom stereocenters. The van der Waals surface area contributed by atoms with Gasteiger partial charge in [-0.1, -0.05) is 91.0 Å². The first kappa shape index (κ1) is 18.7. The third kappa shape index (κ3) is 3.40. The van der Waals surface area contributed by atoms with Gasteiger partial charge in [0, 0.05) is 12.3 Å². The smallest absolute Gasteiger partial charge is 0.122 e. The number of hydrogen-bond donors (Lipinski definition) is 1. The molecule has 0 saturated heterocycles. The predicted octanol–water partition coefficient (Wildman–Crippen LogP) is 5.81. The zero-order chi connectivity index (χ0) is 20.3. The Kier molecular flexibility index (Phi) is 5.08. The average Bonchev–Trinajstić information content (AvgIpc) is 3.13. The van der Waals surface area contributed by atoms with Gasteiger partial charge in [0.1, 0.15) is 12.4 Å². The molecule has 0 spiro atoms. The molecule has 2 nitrogen and oxygen atoms in total. The molecule has 1 aliphatic rings. The van der Waals surface area contributed by atoms with E-state index in [1.165, 1.54) is 33.4 Å². The molecule has 0 radical (unpaired) electrons. The Labute approximate surface area is 177 Å². The first-order valence-electron chi connectivity index (χ1n) is 10.4. The molecule has 1 N–H and O–H groups in total. The summed E-state index contributed by atoms with van der Waals surface area (Å²) in [7, 11) is 0. The molecule has 30 heavy (non-hydrogen) atoms. The van der Waals surface area contributed by atoms with Crippen LogP contribution in [0, 0.1) is 0 Å². The number of hydrogen-bond acceptors (Lipinski definition) is 2. The summed E-state index contributed by atoms with van der Waals surface area (Å²) in [4.78, 5) is 0. The van der Waals surface area contributed by atoms with Gasteiger partial charge >= 0.3 is 0 Å². The van der Waals surface area contributed by atoms with Gasteiger partial charge in [-0.25, -0.2) is 0 Å². The van der Waals surface area contributed by atoms with E-state index in [9.17, 15) is 5.11 Å². The Balaban J connectivity index is 1.60. The minimum atomic E-state index is 0.00983. The van der Waals surface area contributed by atoms with Crippen LogP contribution in [0.3, 0.4) is 0 Å². The summed E-state index contributed by atoms with van der Waals surface area (Å²) in [5, 5.41) is 9.23. The first-order valence-corrected chi connectivity index (χ1v) is 10.4. The lowest BCUT2D eigenvalue weighted by atomic mass is 9.87. The summed E-state index contributed by atoms with van der Waals surface area (Å²) in [6.45, 7) is 0.312. The van der Waals surface area contributed by atoms with E-state index in [4.69, 9.17) is 4.74 Å². The third-order valence-corrected chi connectivity index (χ3v) is 5.84. The van der Waals surface area contributed by atoms with Crippen LogP contribution in [0.1, 0.15) is 33.7 Å². The van der Waals surface area contributed by atoms with Crippen LogP contribution in [0.4, 0.5) is 0 Å². The van der Waals surface area contributed by atoms with Crippen LogP contribution in [-0.4, -0.2) is 18.3 Å². The van der Waals surface area contributed by atoms with Gasteiger partial charge in [0.15, 0.2) is 0 Å². The second-order valence-electron chi connectivity index (χ2n) is 7.71. The van der Waals surface area contributed by atoms with Crippen molar-refractivity contribution in [3.05, 3.63) is 125 Å². The Morgan fingerprint density at radius 1 is 0.700 bits per heavy atom. The first-order chi connectivity index (χ1) is 14.8. The second-order valence-corrected chi connectivity index (χ2v) is 7.71. The van der Waals surface area contributed by atoms with Gasteiger partial charge in [0.25, 0.3) is 0 Å². The lowest BCUT2D eigenvalue weighted by molar-refractivity contribution is 0.200.